The monoisotopic (exact) mass is 274 g/mol. The molecule has 0 heterocycles. The molecule has 0 aromatic rings. The smallest absolute Gasteiger partial charge is 0.158 e. The van der Waals surface area contributed by atoms with Crippen molar-refractivity contribution < 1.29 is 13.1 Å². The van der Waals surface area contributed by atoms with Crippen molar-refractivity contribution in [3.05, 3.63) is 0 Å². The van der Waals surface area contributed by atoms with Gasteiger partial charge in [-0.2, -0.15) is 0 Å². The summed E-state index contributed by atoms with van der Waals surface area (Å²) in [6, 6.07) is 0. The summed E-state index contributed by atoms with van der Waals surface area (Å²) in [5.41, 5.74) is 0. The Bertz CT molecular complexity index is 266. The van der Waals surface area contributed by atoms with Crippen LogP contribution in [0.25, 0.3) is 0 Å². The predicted octanol–water partition coefficient (Wildman–Crippen LogP) is 3.20. The van der Waals surface area contributed by atoms with Crippen LogP contribution in [0.2, 0.25) is 0 Å². The predicted molar refractivity (Wildman–Crippen MR) is 73.7 cm³/mol. The fraction of sp³-hybridized carbons (Fsp3) is 1.00. The summed E-state index contributed by atoms with van der Waals surface area (Å²) < 4.78 is 23.3. The van der Waals surface area contributed by atoms with E-state index in [1.165, 1.54) is 12.8 Å². The molecule has 0 spiro atoms. The second kappa shape index (κ2) is 7.01. The lowest BCUT2D eigenvalue weighted by Crippen LogP contribution is -2.30. The highest BCUT2D eigenvalue weighted by molar-refractivity contribution is 7.80. The average Bonchev–Trinajstić information content (AvgIpc) is 2.40. The van der Waals surface area contributed by atoms with Gasteiger partial charge in [-0.05, 0) is 57.3 Å². The highest BCUT2D eigenvalue weighted by atomic mass is 32.2. The van der Waals surface area contributed by atoms with Crippen LogP contribution in [-0.2, 0) is 20.0 Å². The summed E-state index contributed by atoms with van der Waals surface area (Å²) >= 11 is -1.07. The van der Waals surface area contributed by atoms with E-state index in [0.717, 1.165) is 44.4 Å². The molecule has 1 atom stereocenters. The van der Waals surface area contributed by atoms with Gasteiger partial charge in [-0.15, -0.1) is 0 Å². The largest absolute Gasteiger partial charge is 0.381 e. The van der Waals surface area contributed by atoms with Crippen LogP contribution in [0.4, 0.5) is 0 Å². The van der Waals surface area contributed by atoms with Crippen molar-refractivity contribution in [1.29, 1.82) is 0 Å². The lowest BCUT2D eigenvalue weighted by atomic mass is 9.91. The van der Waals surface area contributed by atoms with Crippen LogP contribution >= 0.6 is 0 Å². The number of hydrogen-bond acceptors (Lipinski definition) is 3. The molecule has 0 bridgehead atoms. The molecule has 0 aromatic heterocycles. The summed E-state index contributed by atoms with van der Waals surface area (Å²) in [6.07, 6.45) is 9.20. The van der Waals surface area contributed by atoms with E-state index in [0.29, 0.717) is 6.10 Å². The van der Waals surface area contributed by atoms with Crippen LogP contribution in [0.5, 0.6) is 0 Å². The van der Waals surface area contributed by atoms with Gasteiger partial charge < -0.3 is 4.74 Å². The molecule has 0 saturated heterocycles. The fourth-order valence-electron chi connectivity index (χ4n) is 3.00. The van der Waals surface area contributed by atoms with Gasteiger partial charge in [0.05, 0.1) is 17.5 Å². The summed E-state index contributed by atoms with van der Waals surface area (Å²) in [5, 5.41) is 0.279. The summed E-state index contributed by atoms with van der Waals surface area (Å²) in [6.45, 7) is 2.28. The normalized spacial score (nSPS) is 39.4. The van der Waals surface area contributed by atoms with Crippen molar-refractivity contribution >= 4 is 11.1 Å². The summed E-state index contributed by atoms with van der Waals surface area (Å²) in [7, 11) is 1.77. The molecule has 106 valence electrons. The van der Waals surface area contributed by atoms with Gasteiger partial charge in [0.1, 0.15) is 0 Å². The van der Waals surface area contributed by atoms with Crippen molar-refractivity contribution in [3.63, 3.8) is 0 Å². The van der Waals surface area contributed by atoms with Crippen molar-refractivity contribution in [3.8, 4) is 0 Å². The molecule has 0 amide bonds. The Hall–Kier alpha value is 0.0700. The minimum atomic E-state index is -1.07. The molecule has 2 saturated carbocycles. The van der Waals surface area contributed by atoms with E-state index >= 15 is 0 Å². The Balaban J connectivity index is 1.71. The maximum atomic E-state index is 12.2. The van der Waals surface area contributed by atoms with Gasteiger partial charge in [0.25, 0.3) is 0 Å². The first-order valence-corrected chi connectivity index (χ1v) is 8.43. The molecule has 2 rings (SSSR count). The quantitative estimate of drug-likeness (QED) is 0.789. The van der Waals surface area contributed by atoms with Crippen LogP contribution in [-0.4, -0.2) is 28.8 Å². The van der Waals surface area contributed by atoms with Crippen LogP contribution < -0.4 is 0 Å². The van der Waals surface area contributed by atoms with Crippen molar-refractivity contribution in [1.82, 2.24) is 0 Å². The molecule has 0 aliphatic heterocycles. The molecule has 3 nitrogen and oxygen atoms in total. The van der Waals surface area contributed by atoms with Crippen LogP contribution in [0.1, 0.15) is 58.3 Å². The molecule has 1 unspecified atom stereocenters. The van der Waals surface area contributed by atoms with Gasteiger partial charge in [0, 0.05) is 7.11 Å². The van der Waals surface area contributed by atoms with E-state index in [1.807, 2.05) is 0 Å². The Morgan fingerprint density at radius 1 is 0.889 bits per heavy atom. The van der Waals surface area contributed by atoms with E-state index in [-0.39, 0.29) is 11.4 Å². The van der Waals surface area contributed by atoms with Gasteiger partial charge in [0.15, 0.2) is 11.1 Å². The Labute approximate surface area is 113 Å². The molecule has 0 radical (unpaired) electrons. The van der Waals surface area contributed by atoms with Crippen molar-refractivity contribution in [2.45, 2.75) is 75.7 Å². The summed E-state index contributed by atoms with van der Waals surface area (Å²) in [5.74, 6) is 0.801. The standard InChI is InChI=1S/C14H26O3S/c1-11-3-9-14(10-4-11)18(15)17-13-7-5-12(16-2)6-8-13/h11-14H,3-10H2,1-2H3. The fourth-order valence-corrected chi connectivity index (χ4v) is 4.27. The zero-order chi connectivity index (χ0) is 13.0. The van der Waals surface area contributed by atoms with Gasteiger partial charge in [-0.3, -0.25) is 4.18 Å². The molecule has 0 N–H and O–H groups in total. The zero-order valence-corrected chi connectivity index (χ0v) is 12.4. The molecule has 0 aromatic carbocycles. The zero-order valence-electron chi connectivity index (χ0n) is 11.6. The second-order valence-corrected chi connectivity index (χ2v) is 7.25. The first-order valence-electron chi connectivity index (χ1n) is 7.29. The minimum absolute atomic E-state index is 0.191. The van der Waals surface area contributed by atoms with E-state index in [4.69, 9.17) is 8.92 Å². The molecule has 2 aliphatic carbocycles. The highest BCUT2D eigenvalue weighted by Crippen LogP contribution is 2.29. The van der Waals surface area contributed by atoms with E-state index in [2.05, 4.69) is 6.92 Å². The van der Waals surface area contributed by atoms with Gasteiger partial charge in [-0.1, -0.05) is 6.92 Å². The summed E-state index contributed by atoms with van der Waals surface area (Å²) in [4.78, 5) is 0. The van der Waals surface area contributed by atoms with Gasteiger partial charge in [0.2, 0.25) is 0 Å². The third-order valence-corrected chi connectivity index (χ3v) is 5.90. The Kier molecular flexibility index (Phi) is 5.64. The number of hydrogen-bond donors (Lipinski definition) is 0. The van der Waals surface area contributed by atoms with Crippen LogP contribution in [0, 0.1) is 5.92 Å². The maximum absolute atomic E-state index is 12.2. The van der Waals surface area contributed by atoms with Gasteiger partial charge >= 0.3 is 0 Å². The van der Waals surface area contributed by atoms with Crippen molar-refractivity contribution in [2.24, 2.45) is 5.92 Å². The topological polar surface area (TPSA) is 35.5 Å². The second-order valence-electron chi connectivity index (χ2n) is 5.87. The first-order chi connectivity index (χ1) is 8.69. The van der Waals surface area contributed by atoms with E-state index in [1.54, 1.807) is 7.11 Å². The third kappa shape index (κ3) is 4.04. The van der Waals surface area contributed by atoms with Crippen molar-refractivity contribution in [2.75, 3.05) is 7.11 Å². The number of rotatable bonds is 4. The van der Waals surface area contributed by atoms with Gasteiger partial charge in [-0.25, -0.2) is 4.21 Å². The highest BCUT2D eigenvalue weighted by Gasteiger charge is 2.28. The molecule has 18 heavy (non-hydrogen) atoms. The van der Waals surface area contributed by atoms with E-state index in [9.17, 15) is 4.21 Å². The number of methoxy groups -OCH3 is 1. The Morgan fingerprint density at radius 3 is 2.00 bits per heavy atom. The maximum Gasteiger partial charge on any atom is 0.158 e. The molecule has 2 fully saturated rings. The average molecular weight is 274 g/mol. The third-order valence-electron chi connectivity index (χ3n) is 4.42. The Morgan fingerprint density at radius 2 is 1.44 bits per heavy atom. The molecule has 2 aliphatic rings. The molecular formula is C14H26O3S. The SMILES string of the molecule is COC1CCC(OS(=O)C2CCC(C)CC2)CC1. The lowest BCUT2D eigenvalue weighted by molar-refractivity contribution is 0.0361. The lowest BCUT2D eigenvalue weighted by Gasteiger charge is -2.30. The minimum Gasteiger partial charge on any atom is -0.381 e. The first kappa shape index (κ1) is 14.5. The number of ether oxygens (including phenoxy) is 1. The van der Waals surface area contributed by atoms with E-state index < -0.39 is 11.1 Å². The van der Waals surface area contributed by atoms with Crippen LogP contribution in [0.3, 0.4) is 0 Å². The molecular weight excluding hydrogens is 248 g/mol. The van der Waals surface area contributed by atoms with Crippen LogP contribution in [0.15, 0.2) is 0 Å². The molecule has 4 heteroatoms.